The zero-order valence-electron chi connectivity index (χ0n) is 18.4. The van der Waals surface area contributed by atoms with Crippen LogP contribution in [0.3, 0.4) is 0 Å². The van der Waals surface area contributed by atoms with E-state index in [9.17, 15) is 53.4 Å². The molecule has 17 nitrogen and oxygen atoms in total. The molecule has 1 aliphatic heterocycles. The first-order valence-corrected chi connectivity index (χ1v) is 12.6. The van der Waals surface area contributed by atoms with Crippen molar-refractivity contribution in [1.82, 2.24) is 9.55 Å². The normalized spacial score (nSPS) is 27.6. The van der Waals surface area contributed by atoms with Gasteiger partial charge in [0.15, 0.2) is 18.9 Å². The van der Waals surface area contributed by atoms with Crippen molar-refractivity contribution in [2.45, 2.75) is 36.5 Å². The molecule has 2 heterocycles. The quantitative estimate of drug-likeness (QED) is 0.142. The Morgan fingerprint density at radius 3 is 2.21 bits per heavy atom. The summed E-state index contributed by atoms with van der Waals surface area (Å²) < 4.78 is 48.3. The van der Waals surface area contributed by atoms with Gasteiger partial charge in [0, 0.05) is 6.20 Å². The number of rotatable bonds is 8. The summed E-state index contributed by atoms with van der Waals surface area (Å²) in [7, 11) is -18.2. The van der Waals surface area contributed by atoms with Gasteiger partial charge in [-0.3, -0.25) is 9.09 Å². The number of phosphoric acid groups is 1. The summed E-state index contributed by atoms with van der Waals surface area (Å²) in [4.78, 5) is 58.2. The maximum atomic E-state index is 11.8. The number of hydrogen-bond donors (Lipinski definition) is 5. The van der Waals surface area contributed by atoms with Gasteiger partial charge in [0.05, 0.1) is 6.61 Å². The fourth-order valence-corrected chi connectivity index (χ4v) is 6.03. The van der Waals surface area contributed by atoms with Gasteiger partial charge in [-0.1, -0.05) is 0 Å². The molecule has 0 aromatic carbocycles. The SMILES string of the molecule is CC(O)(P(=O)([O-])[O-])P(=O)([O-])OP(=O)(O)OC[C@H]1O[C@@H](n2ccc(N)nc2=O)[C@@H](O)[C@@H]1O.[Na+].[Na+].[Na+]. The van der Waals surface area contributed by atoms with E-state index in [1.807, 2.05) is 0 Å². The van der Waals surface area contributed by atoms with Crippen LogP contribution in [0.1, 0.15) is 13.2 Å². The van der Waals surface area contributed by atoms with Crippen molar-refractivity contribution < 1.29 is 151 Å². The Morgan fingerprint density at radius 1 is 1.21 bits per heavy atom. The van der Waals surface area contributed by atoms with Gasteiger partial charge in [-0.05, 0) is 20.6 Å². The molecule has 1 fully saturated rings. The van der Waals surface area contributed by atoms with Crippen molar-refractivity contribution in [1.29, 1.82) is 0 Å². The van der Waals surface area contributed by atoms with Crippen LogP contribution in [-0.4, -0.2) is 59.8 Å². The van der Waals surface area contributed by atoms with Gasteiger partial charge in [-0.25, -0.2) is 13.7 Å². The zero-order valence-corrected chi connectivity index (χ0v) is 27.0. The van der Waals surface area contributed by atoms with Crippen LogP contribution in [0.4, 0.5) is 5.82 Å². The fraction of sp³-hybridized carbons (Fsp3) is 0.636. The second kappa shape index (κ2) is 13.9. The standard InChI is InChI=1S/C11H20N3O14P3.3Na/c1-11(18,29(19,20)21)30(22,23)28-31(24,25)26-4-5-7(15)8(16)9(27-5)14-3-2-6(12)13-10(14)17;;;/h2-3,5,7-9,15-16,18H,4H2,1H3,(H,22,23)(H,24,25)(H2,12,13,17)(H2,19,20,21);;;/q;3*+1/p-3/t5-,7-,8+,9-,11?;;;/m1.../s1. The van der Waals surface area contributed by atoms with Gasteiger partial charge >= 0.3 is 102 Å². The van der Waals surface area contributed by atoms with Gasteiger partial charge in [0.25, 0.3) is 0 Å². The Balaban J connectivity index is 0. The molecule has 7 atom stereocenters. The van der Waals surface area contributed by atoms with Gasteiger partial charge < -0.3 is 54.5 Å². The molecule has 1 saturated heterocycles. The largest absolute Gasteiger partial charge is 1.00 e. The molecule has 6 N–H and O–H groups in total. The molecule has 178 valence electrons. The molecule has 23 heteroatoms. The molecule has 0 bridgehead atoms. The Bertz CT molecular complexity index is 1040. The number of aliphatic hydroxyl groups excluding tert-OH is 2. The summed E-state index contributed by atoms with van der Waals surface area (Å²) in [6.07, 6.45) is -5.67. The van der Waals surface area contributed by atoms with Crippen molar-refractivity contribution in [2.75, 3.05) is 12.3 Å². The average Bonchev–Trinajstić information content (AvgIpc) is 2.86. The first kappa shape index (κ1) is 38.1. The van der Waals surface area contributed by atoms with Crippen molar-refractivity contribution in [2.24, 2.45) is 0 Å². The molecule has 0 spiro atoms. The number of aliphatic hydroxyl groups is 3. The van der Waals surface area contributed by atoms with Gasteiger partial charge in [0.1, 0.15) is 24.1 Å². The number of nitrogens with two attached hydrogens (primary N) is 1. The molecule has 34 heavy (non-hydrogen) atoms. The van der Waals surface area contributed by atoms with Crippen molar-refractivity contribution >= 4 is 28.8 Å². The number of nitrogens with zero attached hydrogens (tertiary/aromatic N) is 2. The van der Waals surface area contributed by atoms with Crippen LogP contribution in [-0.2, 0) is 27.3 Å². The number of anilines is 1. The Labute approximate surface area is 258 Å². The Kier molecular flexibility index (Phi) is 15.5. The first-order chi connectivity index (χ1) is 13.9. The number of phosphoric ester groups is 1. The molecular weight excluding hydrogens is 560 g/mol. The van der Waals surface area contributed by atoms with E-state index >= 15 is 0 Å². The number of aromatic nitrogens is 2. The van der Waals surface area contributed by atoms with Crippen LogP contribution in [0.15, 0.2) is 17.1 Å². The molecule has 3 unspecified atom stereocenters. The minimum Gasteiger partial charge on any atom is -0.808 e. The van der Waals surface area contributed by atoms with E-state index in [4.69, 9.17) is 10.5 Å². The Hall–Kier alpha value is 1.97. The molecule has 0 amide bonds. The van der Waals surface area contributed by atoms with E-state index in [-0.39, 0.29) is 101 Å². The van der Waals surface area contributed by atoms with Crippen molar-refractivity contribution in [3.63, 3.8) is 0 Å². The van der Waals surface area contributed by atoms with Gasteiger partial charge in [0.2, 0.25) is 0 Å². The van der Waals surface area contributed by atoms with Crippen LogP contribution in [0, 0.1) is 0 Å². The number of hydrogen-bond acceptors (Lipinski definition) is 15. The summed E-state index contributed by atoms with van der Waals surface area (Å²) in [5.41, 5.74) is 4.36. The molecular formula is C11H17N3Na3O14P3. The van der Waals surface area contributed by atoms with E-state index in [0.717, 1.165) is 10.8 Å². The second-order valence-electron chi connectivity index (χ2n) is 6.40. The first-order valence-electron chi connectivity index (χ1n) is 8.00. The molecule has 1 aromatic heterocycles. The van der Waals surface area contributed by atoms with Crippen LogP contribution in [0.2, 0.25) is 0 Å². The number of nitrogen functional groups attached to an aromatic ring is 1. The van der Waals surface area contributed by atoms with Gasteiger partial charge in [-0.2, -0.15) is 4.98 Å². The molecule has 0 aliphatic carbocycles. The maximum absolute atomic E-state index is 11.8. The smallest absolute Gasteiger partial charge is 0.808 e. The summed E-state index contributed by atoms with van der Waals surface area (Å²) in [5, 5.41) is 25.4. The van der Waals surface area contributed by atoms with Crippen molar-refractivity contribution in [3.05, 3.63) is 22.7 Å². The average molecular weight is 577 g/mol. The van der Waals surface area contributed by atoms with Gasteiger partial charge in [-0.15, -0.1) is 0 Å². The molecule has 2 rings (SSSR count). The predicted molar refractivity (Wildman–Crippen MR) is 91.5 cm³/mol. The van der Waals surface area contributed by atoms with Crippen molar-refractivity contribution in [3.8, 4) is 0 Å². The predicted octanol–water partition coefficient (Wildman–Crippen LogP) is -13.3. The van der Waals surface area contributed by atoms with E-state index < -0.39 is 64.9 Å². The summed E-state index contributed by atoms with van der Waals surface area (Å²) in [6, 6.07) is 1.17. The topological polar surface area (TPSA) is 290 Å². The van der Waals surface area contributed by atoms with E-state index in [0.29, 0.717) is 0 Å². The van der Waals surface area contributed by atoms with Crippen LogP contribution in [0.25, 0.3) is 0 Å². The van der Waals surface area contributed by atoms with E-state index in [2.05, 4.69) is 13.8 Å². The summed E-state index contributed by atoms with van der Waals surface area (Å²) in [5.74, 6) is -0.147. The minimum atomic E-state index is -6.26. The molecule has 1 aromatic rings. The minimum absolute atomic E-state index is 0. The zero-order chi connectivity index (χ0) is 24.0. The van der Waals surface area contributed by atoms with E-state index in [1.54, 1.807) is 0 Å². The van der Waals surface area contributed by atoms with Crippen LogP contribution in [0.5, 0.6) is 0 Å². The second-order valence-corrected chi connectivity index (χ2v) is 12.3. The third-order valence-corrected chi connectivity index (χ3v) is 9.82. The third kappa shape index (κ3) is 8.75. The summed E-state index contributed by atoms with van der Waals surface area (Å²) in [6.45, 7) is -1.10. The number of ether oxygens (including phenoxy) is 1. The molecule has 0 saturated carbocycles. The van der Waals surface area contributed by atoms with E-state index in [1.165, 1.54) is 6.07 Å². The van der Waals surface area contributed by atoms with Crippen LogP contribution >= 0.6 is 23.0 Å². The molecule has 0 radical (unpaired) electrons. The fourth-order valence-electron chi connectivity index (χ4n) is 2.27. The summed E-state index contributed by atoms with van der Waals surface area (Å²) >= 11 is 0. The van der Waals surface area contributed by atoms with Crippen LogP contribution < -0.4 is 115 Å². The molecule has 1 aliphatic rings. The Morgan fingerprint density at radius 2 is 1.74 bits per heavy atom. The monoisotopic (exact) mass is 577 g/mol. The maximum Gasteiger partial charge on any atom is 1.00 e. The third-order valence-electron chi connectivity index (χ3n) is 4.11.